The molecular weight excluding hydrogens is 1680 g/mol. The molecule has 0 spiro atoms. The fraction of sp³-hybridized carbons (Fsp3) is 0.667. The Morgan fingerprint density at radius 3 is 1.19 bits per heavy atom. The molecule has 126 heavy (non-hydrogen) atoms. The van der Waals surface area contributed by atoms with Crippen molar-refractivity contribution in [2.24, 2.45) is 23.5 Å². The Morgan fingerprint density at radius 1 is 0.437 bits per heavy atom. The summed E-state index contributed by atoms with van der Waals surface area (Å²) in [4.78, 5) is 272. The quantitative estimate of drug-likeness (QED) is 0.0213. The maximum absolute atomic E-state index is 15.3. The molecule has 3 aliphatic rings. The van der Waals surface area contributed by atoms with Gasteiger partial charge in [0.2, 0.25) is 82.7 Å². The van der Waals surface area contributed by atoms with E-state index in [0.29, 0.717) is 5.56 Å². The number of phenolic OH excluding ortho intramolecular Hbond substituents is 1. The molecule has 14 amide bonds. The number of phenols is 1. The maximum atomic E-state index is 15.3. The SMILES string of the molecule is CC(=O)N[C@H]1[C@H](OC[C@H](NC(=O)[C@H](CO)NC(=O)[C@H](CO[C@@H]2O[C@H](COC(C)=O)[C@@H](OC(C)=O)[C@H](OC(C)=O)[C@H]2NC(C)=O)NC(=O)[C@@H](NC(=O)[C@@H]2CCCN2C(=O)[C@H](C)NC(=O)[C@H](CO)NC(=O)[C@H](Cc2ccc(O)cc2)NC(C)=O)C(C)C)C(=O)N[C@@H](CC(C)C)C(=O)N[C@@H](CO)C(=O)N[C@H](C(N)=O)C(C)C)O[C@H](COC(C)=O)[C@@H](OC(C)=O)[C@@H]1OC(C)=O. The number of primary amides is 1. The van der Waals surface area contributed by atoms with Gasteiger partial charge in [0.1, 0.15) is 110 Å². The zero-order chi connectivity index (χ0) is 95.0. The van der Waals surface area contributed by atoms with Gasteiger partial charge in [0, 0.05) is 75.3 Å². The maximum Gasteiger partial charge on any atom is 0.303 e. The third-order valence-electron chi connectivity index (χ3n) is 19.2. The number of aromatic hydroxyl groups is 1. The number of hydrogen-bond donors (Lipinski definition) is 17. The number of nitrogens with two attached hydrogens (primary N) is 1. The minimum Gasteiger partial charge on any atom is -0.508 e. The first-order valence-electron chi connectivity index (χ1n) is 40.3. The van der Waals surface area contributed by atoms with Crippen LogP contribution in [0.1, 0.15) is 136 Å². The monoisotopic (exact) mass is 1790 g/mol. The second kappa shape index (κ2) is 50.9. The van der Waals surface area contributed by atoms with Crippen LogP contribution in [0.3, 0.4) is 0 Å². The van der Waals surface area contributed by atoms with Crippen LogP contribution in [-0.2, 0) is 150 Å². The van der Waals surface area contributed by atoms with Crippen LogP contribution >= 0.6 is 0 Å². The third kappa shape index (κ3) is 33.9. The fourth-order valence-corrected chi connectivity index (χ4v) is 13.4. The summed E-state index contributed by atoms with van der Waals surface area (Å²) in [6.45, 7) is 11.6. The highest BCUT2D eigenvalue weighted by atomic mass is 16.7. The summed E-state index contributed by atoms with van der Waals surface area (Å²) in [5, 5.41) is 70.2. The molecule has 21 atom stereocenters. The van der Waals surface area contributed by atoms with Crippen molar-refractivity contribution in [1.82, 2.24) is 68.7 Å². The standard InChI is InChI=1S/C78H118N14O34/c1-33(2)24-48(67(107)86-52(28-95)71(111)90-58(34(3)4)66(79)106)84-72(112)53(29-119-77-60(82-38(9)97)64(123-44(15)103)62(121-42(13)101)56(125-77)31-117-40(11)99)88-70(110)51(27-94)87-73(113)54(30-120-78-61(83-39(10)98)65(124-45(16)104)63(122-43(14)102)57(126-78)32-118-41(12)100)89-75(115)59(35(5)6)91-74(114)55-18-17-23-92(55)76(116)36(7)80-69(109)50(26-93)85-68(108)49(81-37(8)96)25-46-19-21-47(105)22-20-46/h19-22,33-36,48-65,77-78,93-95,105H,17-18,23-32H2,1-16H3,(H2,79,106)(H,80,109)(H,81,96)(H,82,97)(H,83,98)(H,84,112)(H,85,108)(H,86,107)(H,87,113)(H,88,110)(H,89,115)(H,90,111)(H,91,114)/t36-,48-,49-,50-,51-,52-,53-,54-,55-,56+,57+,58-,59-,60+,61+,62+,63+,64+,65+,77+,78+/m0/s1. The summed E-state index contributed by atoms with van der Waals surface area (Å²) in [7, 11) is 0. The molecule has 3 aliphatic heterocycles. The topological polar surface area (TPSA) is 688 Å². The summed E-state index contributed by atoms with van der Waals surface area (Å²) in [6, 6.07) is -17.1. The molecule has 3 fully saturated rings. The number of aliphatic hydroxyl groups excluding tert-OH is 3. The normalized spacial score (nSPS) is 22.0. The number of carbonyl (C=O) groups excluding carboxylic acids is 20. The average molecular weight is 1800 g/mol. The predicted molar refractivity (Wildman–Crippen MR) is 427 cm³/mol. The second-order valence-electron chi connectivity index (χ2n) is 31.1. The number of rotatable bonds is 46. The van der Waals surface area contributed by atoms with E-state index in [0.717, 1.165) is 67.2 Å². The lowest BCUT2D eigenvalue weighted by Crippen LogP contribution is -2.67. The Labute approximate surface area is 724 Å². The second-order valence-corrected chi connectivity index (χ2v) is 31.1. The summed E-state index contributed by atoms with van der Waals surface area (Å²) >= 11 is 0. The Hall–Kier alpha value is -11.9. The van der Waals surface area contributed by atoms with E-state index in [2.05, 4.69) is 63.8 Å². The van der Waals surface area contributed by atoms with Crippen LogP contribution < -0.4 is 69.5 Å². The van der Waals surface area contributed by atoms with Gasteiger partial charge < -0.3 is 142 Å². The summed E-state index contributed by atoms with van der Waals surface area (Å²) in [5.41, 5.74) is 5.99. The van der Waals surface area contributed by atoms with E-state index in [1.54, 1.807) is 13.8 Å². The van der Waals surface area contributed by atoms with Gasteiger partial charge in [-0.1, -0.05) is 53.7 Å². The van der Waals surface area contributed by atoms with Crippen molar-refractivity contribution < 1.29 is 164 Å². The number of amides is 14. The van der Waals surface area contributed by atoms with Crippen molar-refractivity contribution in [2.75, 3.05) is 52.8 Å². The molecule has 1 aromatic rings. The molecule has 4 rings (SSSR count). The molecule has 0 aliphatic carbocycles. The molecule has 0 aromatic heterocycles. The smallest absolute Gasteiger partial charge is 0.303 e. The van der Waals surface area contributed by atoms with Gasteiger partial charge in [0.15, 0.2) is 37.0 Å². The third-order valence-corrected chi connectivity index (χ3v) is 19.2. The fourth-order valence-electron chi connectivity index (χ4n) is 13.4. The average Bonchev–Trinajstić information content (AvgIpc) is 0.996. The number of nitrogens with one attached hydrogen (secondary N) is 12. The summed E-state index contributed by atoms with van der Waals surface area (Å²) in [6.07, 6.45) is -14.6. The van der Waals surface area contributed by atoms with E-state index in [4.69, 9.17) is 53.1 Å². The molecule has 0 radical (unpaired) electrons. The van der Waals surface area contributed by atoms with Crippen molar-refractivity contribution in [3.05, 3.63) is 29.8 Å². The van der Waals surface area contributed by atoms with E-state index in [1.807, 2.05) is 0 Å². The van der Waals surface area contributed by atoms with Crippen LogP contribution in [0.15, 0.2) is 24.3 Å². The van der Waals surface area contributed by atoms with Crippen molar-refractivity contribution >= 4 is 119 Å². The highest BCUT2D eigenvalue weighted by Gasteiger charge is 2.54. The van der Waals surface area contributed by atoms with Crippen LogP contribution in [0.2, 0.25) is 0 Å². The first-order chi connectivity index (χ1) is 59.0. The first kappa shape index (κ1) is 106. The molecule has 18 N–H and O–H groups in total. The Kier molecular flexibility index (Phi) is 43.0. The Bertz CT molecular complexity index is 4040. The zero-order valence-corrected chi connectivity index (χ0v) is 72.7. The minimum absolute atomic E-state index is 0.0525. The molecule has 1 aromatic carbocycles. The number of nitrogens with zero attached hydrogens (tertiary/aromatic N) is 1. The molecule has 48 heteroatoms. The van der Waals surface area contributed by atoms with E-state index in [-0.39, 0.29) is 38.0 Å². The molecule has 0 unspecified atom stereocenters. The van der Waals surface area contributed by atoms with Crippen LogP contribution in [0, 0.1) is 17.8 Å². The van der Waals surface area contributed by atoms with E-state index in [9.17, 15) is 97.1 Å². The van der Waals surface area contributed by atoms with Gasteiger partial charge in [-0.25, -0.2) is 0 Å². The van der Waals surface area contributed by atoms with Crippen LogP contribution in [-0.4, -0.2) is 324 Å². The number of esters is 6. The van der Waals surface area contributed by atoms with Gasteiger partial charge in [0.05, 0.1) is 33.0 Å². The lowest BCUT2D eigenvalue weighted by molar-refractivity contribution is -0.278. The lowest BCUT2D eigenvalue weighted by atomic mass is 9.96. The number of aliphatic hydroxyl groups is 3. The van der Waals surface area contributed by atoms with Crippen LogP contribution in [0.25, 0.3) is 0 Å². The van der Waals surface area contributed by atoms with Gasteiger partial charge in [-0.15, -0.1) is 0 Å². The van der Waals surface area contributed by atoms with Crippen LogP contribution in [0.4, 0.5) is 0 Å². The number of ether oxygens (including phenoxy) is 10. The molecule has 3 heterocycles. The van der Waals surface area contributed by atoms with Crippen LogP contribution in [0.5, 0.6) is 5.75 Å². The molecule has 3 saturated heterocycles. The molecule has 0 bridgehead atoms. The van der Waals surface area contributed by atoms with Crippen molar-refractivity contribution in [2.45, 2.75) is 264 Å². The molecule has 48 nitrogen and oxygen atoms in total. The molecule has 704 valence electrons. The highest BCUT2D eigenvalue weighted by Crippen LogP contribution is 2.31. The van der Waals surface area contributed by atoms with Crippen molar-refractivity contribution in [1.29, 1.82) is 0 Å². The van der Waals surface area contributed by atoms with Crippen molar-refractivity contribution in [3.63, 3.8) is 0 Å². The van der Waals surface area contributed by atoms with Gasteiger partial charge in [0.25, 0.3) is 0 Å². The van der Waals surface area contributed by atoms with Gasteiger partial charge in [-0.05, 0) is 61.6 Å². The highest BCUT2D eigenvalue weighted by molar-refractivity contribution is 6.00. The van der Waals surface area contributed by atoms with Gasteiger partial charge in [-0.2, -0.15) is 0 Å². The zero-order valence-electron chi connectivity index (χ0n) is 72.7. The van der Waals surface area contributed by atoms with E-state index < -0.39 is 310 Å². The van der Waals surface area contributed by atoms with Gasteiger partial charge in [-0.3, -0.25) is 95.9 Å². The van der Waals surface area contributed by atoms with E-state index >= 15 is 19.2 Å². The van der Waals surface area contributed by atoms with E-state index in [1.165, 1.54) is 58.9 Å². The Morgan fingerprint density at radius 2 is 0.810 bits per heavy atom. The summed E-state index contributed by atoms with van der Waals surface area (Å²) in [5.74, 6) is -23.3. The first-order valence-corrected chi connectivity index (χ1v) is 40.3. The number of likely N-dealkylation sites (tertiary alicyclic amines) is 1. The minimum atomic E-state index is -2.31. The Balaban J connectivity index is 1.86. The molecular formula is C78H118N14O34. The molecule has 0 saturated carbocycles. The lowest BCUT2D eigenvalue weighted by Gasteiger charge is -2.45. The summed E-state index contributed by atoms with van der Waals surface area (Å²) < 4.78 is 57.1. The van der Waals surface area contributed by atoms with Gasteiger partial charge >= 0.3 is 35.8 Å². The van der Waals surface area contributed by atoms with Crippen molar-refractivity contribution in [3.8, 4) is 5.75 Å². The number of benzene rings is 1. The number of hydrogen-bond acceptors (Lipinski definition) is 34. The largest absolute Gasteiger partial charge is 0.508 e. The number of carbonyl (C=O) groups is 20. The predicted octanol–water partition coefficient (Wildman–Crippen LogP) is -8.02.